The molecule has 1 aliphatic heterocycles. The molecule has 2 N–H and O–H groups in total. The molecule has 2 aromatic carbocycles. The van der Waals surface area contributed by atoms with Gasteiger partial charge in [-0.1, -0.05) is 18.2 Å². The average molecular weight is 490 g/mol. The first kappa shape index (κ1) is 23.2. The summed E-state index contributed by atoms with van der Waals surface area (Å²) in [6, 6.07) is 14.0. The highest BCUT2D eigenvalue weighted by Crippen LogP contribution is 2.34. The van der Waals surface area contributed by atoms with E-state index in [4.69, 9.17) is 0 Å². The highest BCUT2D eigenvalue weighted by molar-refractivity contribution is 5.91. The molecular weight excluding hydrogens is 462 g/mol. The first-order valence-electron chi connectivity index (χ1n) is 11.6. The summed E-state index contributed by atoms with van der Waals surface area (Å²) in [5.41, 5.74) is 2.26. The summed E-state index contributed by atoms with van der Waals surface area (Å²) < 4.78 is 4.08. The third kappa shape index (κ3) is 3.88. The van der Waals surface area contributed by atoms with E-state index in [1.54, 1.807) is 29.3 Å². The Labute approximate surface area is 205 Å². The normalized spacial score (nSPS) is 14.3. The minimum Gasteiger partial charge on any atom is -0.494 e. The summed E-state index contributed by atoms with van der Waals surface area (Å²) in [5.74, 6) is -0.473. The molecule has 2 aromatic heterocycles. The van der Waals surface area contributed by atoms with Crippen LogP contribution < -0.4 is 26.7 Å². The number of rotatable bonds is 4. The van der Waals surface area contributed by atoms with Crippen molar-refractivity contribution in [3.8, 4) is 5.88 Å². The van der Waals surface area contributed by atoms with E-state index < -0.39 is 17.1 Å². The van der Waals surface area contributed by atoms with Crippen LogP contribution in [-0.2, 0) is 21.1 Å². The van der Waals surface area contributed by atoms with Crippen LogP contribution in [0.3, 0.4) is 0 Å². The van der Waals surface area contributed by atoms with Gasteiger partial charge < -0.3 is 14.9 Å². The molecule has 186 valence electrons. The van der Waals surface area contributed by atoms with Crippen LogP contribution in [0.25, 0.3) is 11.0 Å². The van der Waals surface area contributed by atoms with Crippen molar-refractivity contribution >= 4 is 34.3 Å². The Balaban J connectivity index is 1.57. The van der Waals surface area contributed by atoms with Crippen molar-refractivity contribution in [1.29, 1.82) is 0 Å². The Kier molecular flexibility index (Phi) is 5.75. The summed E-state index contributed by atoms with van der Waals surface area (Å²) in [6.45, 7) is 3.07. The van der Waals surface area contributed by atoms with Gasteiger partial charge in [0.1, 0.15) is 5.56 Å². The second kappa shape index (κ2) is 8.91. The summed E-state index contributed by atoms with van der Waals surface area (Å²) >= 11 is 0. The standard InChI is InChI=1S/C25H27N7O4/c1-28-20-13-18(26-15-17-22(33)27-24(35)30(3)23(17)34)19(14-21(20)29(2)25(28)36)32-11-9-31(10-12-32)16-7-5-4-6-8-16/h4-8,13-15,34H,9-12H2,1-3H3,(H,27,33,35). The van der Waals surface area contributed by atoms with Crippen molar-refractivity contribution in [2.75, 3.05) is 36.0 Å². The molecule has 11 heteroatoms. The zero-order chi connectivity index (χ0) is 25.6. The van der Waals surface area contributed by atoms with Crippen molar-refractivity contribution in [1.82, 2.24) is 18.7 Å². The van der Waals surface area contributed by atoms with E-state index in [0.717, 1.165) is 42.0 Å². The van der Waals surface area contributed by atoms with Gasteiger partial charge in [-0.25, -0.2) is 9.59 Å². The molecule has 0 aliphatic carbocycles. The molecule has 1 aliphatic rings. The zero-order valence-corrected chi connectivity index (χ0v) is 20.3. The summed E-state index contributed by atoms with van der Waals surface area (Å²) in [5, 5.41) is 10.3. The molecule has 1 saturated heterocycles. The van der Waals surface area contributed by atoms with Crippen LogP contribution in [-0.4, -0.2) is 56.2 Å². The fraction of sp³-hybridized carbons (Fsp3) is 0.280. The number of nitrogens with zero attached hydrogens (tertiary/aromatic N) is 6. The van der Waals surface area contributed by atoms with Gasteiger partial charge in [0.25, 0.3) is 5.56 Å². The lowest BCUT2D eigenvalue weighted by molar-refractivity contribution is 0.417. The quantitative estimate of drug-likeness (QED) is 0.414. The smallest absolute Gasteiger partial charge is 0.330 e. The zero-order valence-electron chi connectivity index (χ0n) is 20.3. The topological polar surface area (TPSA) is 121 Å². The van der Waals surface area contributed by atoms with Crippen LogP contribution in [0.2, 0.25) is 0 Å². The number of benzene rings is 2. The molecular formula is C25H27N7O4. The van der Waals surface area contributed by atoms with E-state index in [0.29, 0.717) is 11.2 Å². The third-order valence-corrected chi connectivity index (χ3v) is 6.77. The molecule has 0 unspecified atom stereocenters. The highest BCUT2D eigenvalue weighted by atomic mass is 16.3. The van der Waals surface area contributed by atoms with E-state index in [9.17, 15) is 19.5 Å². The Morgan fingerprint density at radius 1 is 0.861 bits per heavy atom. The van der Waals surface area contributed by atoms with E-state index in [-0.39, 0.29) is 11.3 Å². The SMILES string of the molecule is Cn1c(O)c(C=Nc2cc3c(cc2N2CCN(c4ccccc4)CC2)n(C)c(=O)n3C)c(=O)[nH]c1=O. The molecule has 0 spiro atoms. The Morgan fingerprint density at radius 2 is 1.47 bits per heavy atom. The fourth-order valence-corrected chi connectivity index (χ4v) is 4.60. The second-order valence-corrected chi connectivity index (χ2v) is 8.85. The van der Waals surface area contributed by atoms with Gasteiger partial charge in [0.2, 0.25) is 5.88 Å². The average Bonchev–Trinajstić information content (AvgIpc) is 3.10. The largest absolute Gasteiger partial charge is 0.494 e. The van der Waals surface area contributed by atoms with Gasteiger partial charge in [0, 0.05) is 59.2 Å². The number of imidazole rings is 1. The minimum atomic E-state index is -0.731. The van der Waals surface area contributed by atoms with Gasteiger partial charge in [-0.3, -0.25) is 28.5 Å². The third-order valence-electron chi connectivity index (χ3n) is 6.77. The first-order chi connectivity index (χ1) is 17.3. The second-order valence-electron chi connectivity index (χ2n) is 8.85. The number of hydrogen-bond donors (Lipinski definition) is 2. The molecule has 0 amide bonds. The molecule has 0 atom stereocenters. The van der Waals surface area contributed by atoms with E-state index in [1.807, 2.05) is 24.3 Å². The van der Waals surface area contributed by atoms with Crippen LogP contribution in [0.1, 0.15) is 5.56 Å². The lowest BCUT2D eigenvalue weighted by Crippen LogP contribution is -2.46. The molecule has 11 nitrogen and oxygen atoms in total. The Morgan fingerprint density at radius 3 is 2.14 bits per heavy atom. The van der Waals surface area contributed by atoms with Crippen LogP contribution in [0.5, 0.6) is 5.88 Å². The number of aromatic hydroxyl groups is 1. The summed E-state index contributed by atoms with van der Waals surface area (Å²) in [6.07, 6.45) is 1.25. The van der Waals surface area contributed by atoms with Crippen molar-refractivity contribution in [2.24, 2.45) is 26.1 Å². The number of aromatic amines is 1. The number of hydrogen-bond acceptors (Lipinski definition) is 7. The van der Waals surface area contributed by atoms with Crippen LogP contribution in [0.4, 0.5) is 17.1 Å². The van der Waals surface area contributed by atoms with E-state index in [1.165, 1.54) is 18.9 Å². The molecule has 5 rings (SSSR count). The van der Waals surface area contributed by atoms with E-state index in [2.05, 4.69) is 31.9 Å². The lowest BCUT2D eigenvalue weighted by atomic mass is 10.1. The molecule has 4 aromatic rings. The predicted molar refractivity (Wildman–Crippen MR) is 140 cm³/mol. The summed E-state index contributed by atoms with van der Waals surface area (Å²) in [7, 11) is 4.78. The first-order valence-corrected chi connectivity index (χ1v) is 11.6. The van der Waals surface area contributed by atoms with Gasteiger partial charge in [-0.05, 0) is 24.3 Å². The predicted octanol–water partition coefficient (Wildman–Crippen LogP) is 1.05. The van der Waals surface area contributed by atoms with E-state index >= 15 is 0 Å². The lowest BCUT2D eigenvalue weighted by Gasteiger charge is -2.37. The number of fused-ring (bicyclic) bond motifs is 1. The maximum absolute atomic E-state index is 12.6. The summed E-state index contributed by atoms with van der Waals surface area (Å²) in [4.78, 5) is 47.9. The highest BCUT2D eigenvalue weighted by Gasteiger charge is 2.22. The molecule has 0 bridgehead atoms. The van der Waals surface area contributed by atoms with Gasteiger partial charge >= 0.3 is 11.4 Å². The Hall–Kier alpha value is -4.54. The van der Waals surface area contributed by atoms with Gasteiger partial charge in [-0.2, -0.15) is 0 Å². The number of piperazine rings is 1. The number of aryl methyl sites for hydroxylation is 2. The van der Waals surface area contributed by atoms with Crippen LogP contribution in [0.15, 0.2) is 61.8 Å². The van der Waals surface area contributed by atoms with Gasteiger partial charge in [0.15, 0.2) is 0 Å². The minimum absolute atomic E-state index is 0.126. The Bertz CT molecular complexity index is 1650. The van der Waals surface area contributed by atoms with Crippen molar-refractivity contribution in [2.45, 2.75) is 0 Å². The molecule has 3 heterocycles. The number of H-pyrrole nitrogens is 1. The van der Waals surface area contributed by atoms with Crippen molar-refractivity contribution in [3.63, 3.8) is 0 Å². The fourth-order valence-electron chi connectivity index (χ4n) is 4.60. The molecule has 36 heavy (non-hydrogen) atoms. The number of nitrogens with one attached hydrogen (secondary N) is 1. The maximum atomic E-state index is 12.6. The molecule has 0 saturated carbocycles. The number of anilines is 2. The van der Waals surface area contributed by atoms with Crippen molar-refractivity contribution in [3.05, 3.63) is 79.4 Å². The molecule has 0 radical (unpaired) electrons. The van der Waals surface area contributed by atoms with Gasteiger partial charge in [0.05, 0.1) is 22.4 Å². The van der Waals surface area contributed by atoms with Crippen LogP contribution >= 0.6 is 0 Å². The molecule has 1 fully saturated rings. The van der Waals surface area contributed by atoms with Crippen LogP contribution in [0, 0.1) is 0 Å². The van der Waals surface area contributed by atoms with Gasteiger partial charge in [-0.15, -0.1) is 0 Å². The number of para-hydroxylation sites is 1. The number of aromatic nitrogens is 4. The number of aliphatic imine (C=N–C) groups is 1. The monoisotopic (exact) mass is 489 g/mol. The van der Waals surface area contributed by atoms with Crippen molar-refractivity contribution < 1.29 is 5.11 Å². The maximum Gasteiger partial charge on any atom is 0.330 e.